The van der Waals surface area contributed by atoms with Crippen LogP contribution in [0.4, 0.5) is 0 Å². The van der Waals surface area contributed by atoms with Crippen LogP contribution in [0.15, 0.2) is 364 Å². The Balaban J connectivity index is -0.0000000638. The molecule has 520 valence electrons. The summed E-state index contributed by atoms with van der Waals surface area (Å²) < 4.78 is 72.8. The Labute approximate surface area is 724 Å². The minimum Gasteiger partial charge on any atom is -2.00 e. The SMILES string of the molecule is CCOCC.[Au+3].[Au].[O-2].[O-2].[O-2].[O-][Cl+3]([O-])([O-])[O-].[O-][Cl+3]([O-])([O-])[O-].[Sb+3].[Sb+3].[Sb+3].[Sb].[Sb].[Sb].[c-]1ccccc1.[c-]1ccccc1.[c-]1ccccc1.[c-]1ccccc1.[c-]1ccccc1.[c-]1ccccc1.[c-]1ccccc1.[c-]1ccccc1.[c-]1ccccc1.[c-]1ccccc1.[c-]1ccccc1.[c-]1ccccc1. The van der Waals surface area contributed by atoms with Crippen LogP contribution in [0, 0.1) is 93.3 Å². The average Bonchev–Trinajstić information content (AvgIpc) is 3.61. The Morgan fingerprint density at radius 3 is 0.276 bits per heavy atom. The quantitative estimate of drug-likeness (QED) is 0.131. The maximum Gasteiger partial charge on any atom is 3.00 e. The Kier molecular flexibility index (Phi) is 151. The van der Waals surface area contributed by atoms with E-state index in [1.165, 1.54) is 0 Å². The number of halogens is 2. The fourth-order valence-electron chi connectivity index (χ4n) is 4.31. The zero-order valence-electron chi connectivity index (χ0n) is 53.0. The van der Waals surface area contributed by atoms with Crippen LogP contribution >= 0.6 is 0 Å². The number of benzene rings is 12. The van der Waals surface area contributed by atoms with E-state index in [-0.39, 0.29) is 208 Å². The first-order valence-electron chi connectivity index (χ1n) is 26.2. The molecule has 98 heavy (non-hydrogen) atoms. The molecule has 16 radical (unpaired) electrons. The van der Waals surface area contributed by atoms with Crippen LogP contribution in [0.2, 0.25) is 0 Å². The van der Waals surface area contributed by atoms with Gasteiger partial charge in [-0.1, -0.05) is 0 Å². The minimum atomic E-state index is -4.94. The van der Waals surface area contributed by atoms with Crippen molar-refractivity contribution in [2.24, 2.45) is 0 Å². The van der Waals surface area contributed by atoms with Gasteiger partial charge in [-0.3, -0.25) is 0 Å². The summed E-state index contributed by atoms with van der Waals surface area (Å²) in [5.74, 6) is 0. The third kappa shape index (κ3) is 156. The minimum absolute atomic E-state index is 0. The van der Waals surface area contributed by atoms with Crippen molar-refractivity contribution in [3.05, 3.63) is 437 Å². The van der Waals surface area contributed by atoms with Crippen molar-refractivity contribution in [3.8, 4) is 0 Å². The third-order valence-corrected chi connectivity index (χ3v) is 7.69. The van der Waals surface area contributed by atoms with Crippen LogP contribution in [0.5, 0.6) is 0 Å². The summed E-state index contributed by atoms with van der Waals surface area (Å²) >= 11 is 0. The van der Waals surface area contributed by atoms with Gasteiger partial charge in [-0.2, -0.15) is 437 Å². The van der Waals surface area contributed by atoms with Gasteiger partial charge in [0.2, 0.25) is 0 Å². The van der Waals surface area contributed by atoms with Crippen LogP contribution in [-0.2, 0) is 65.9 Å². The van der Waals surface area contributed by atoms with Gasteiger partial charge in [0.25, 0.3) is 0 Å². The molecule has 0 N–H and O–H groups in total. The zero-order valence-corrected chi connectivity index (χ0v) is 74.2. The summed E-state index contributed by atoms with van der Waals surface area (Å²) in [6, 6.07) is 150. The fraction of sp³-hybridized carbons (Fsp3) is 0.0526. The molecule has 12 aromatic carbocycles. The summed E-state index contributed by atoms with van der Waals surface area (Å²) in [5, 5.41) is 0. The standard InChI is InChI=1S/12C6H5.C4H10O.2Au.2ClHO4.3O.6Sb/c12*1-2-4-6-5-3-1;1-3-5-4-2;;;2*2-1(3,4)5;;;;;;;;;/h12*1-5H;3-4H2,1-2H3;;;2*(H,2,3,4,5);;;;;;;;;/q12*-1;;;+3;;;3*-2;;;;3*+3/p-2. The molecule has 12 nitrogen and oxygen atoms in total. The molecule has 0 aliphatic carbocycles. The van der Waals surface area contributed by atoms with Gasteiger partial charge in [0.1, 0.15) is 0 Å². The second-order valence-electron chi connectivity index (χ2n) is 14.5. The van der Waals surface area contributed by atoms with Gasteiger partial charge < -0.3 is 21.2 Å². The molecule has 12 aromatic rings. The van der Waals surface area contributed by atoms with Crippen molar-refractivity contribution in [2.75, 3.05) is 13.2 Å². The van der Waals surface area contributed by atoms with Crippen molar-refractivity contribution in [3.63, 3.8) is 0 Å². The molecule has 0 atom stereocenters. The van der Waals surface area contributed by atoms with E-state index in [1.807, 2.05) is 378 Å². The van der Waals surface area contributed by atoms with Crippen molar-refractivity contribution in [2.45, 2.75) is 13.8 Å². The number of hydrogen-bond acceptors (Lipinski definition) is 9. The molecule has 22 heteroatoms. The molecule has 0 fully saturated rings. The molecule has 0 aliphatic rings. The van der Waals surface area contributed by atoms with Crippen LogP contribution < -0.4 is 37.3 Å². The number of ether oxygens (including phenoxy) is 1. The molecule has 12 rings (SSSR count). The zero-order chi connectivity index (χ0) is 64.0. The third-order valence-electron chi connectivity index (χ3n) is 7.69. The second-order valence-corrected chi connectivity index (χ2v) is 16.0. The smallest absolute Gasteiger partial charge is 2.00 e. The monoisotopic (exact) mass is 2360 g/mol. The van der Waals surface area contributed by atoms with Crippen molar-refractivity contribution < 1.29 is 124 Å². The van der Waals surface area contributed by atoms with Gasteiger partial charge >= 0.3 is 95.7 Å². The molecule has 0 saturated heterocycles. The van der Waals surface area contributed by atoms with Gasteiger partial charge in [0.15, 0.2) is 0 Å². The van der Waals surface area contributed by atoms with Gasteiger partial charge in [-0.15, -0.1) is 20.5 Å². The van der Waals surface area contributed by atoms with E-state index in [1.54, 1.807) is 0 Å². The number of hydrogen-bond donors (Lipinski definition) is 0. The molecular weight excluding hydrogens is 2300 g/mol. The van der Waals surface area contributed by atoms with Crippen LogP contribution in [0.25, 0.3) is 0 Å². The normalized spacial score (nSPS) is 7.53. The molecule has 0 aromatic heterocycles. The first kappa shape index (κ1) is 128. The molecule has 0 saturated carbocycles. The van der Waals surface area contributed by atoms with Gasteiger partial charge in [-0.25, -0.2) is 37.3 Å². The van der Waals surface area contributed by atoms with Crippen molar-refractivity contribution in [1.29, 1.82) is 0 Å². The largest absolute Gasteiger partial charge is 3.00 e. The maximum atomic E-state index is 8.49. The predicted octanol–water partition coefficient (Wildman–Crippen LogP) is 6.73. The van der Waals surface area contributed by atoms with E-state index in [2.05, 4.69) is 72.8 Å². The Morgan fingerprint density at radius 2 is 0.265 bits per heavy atom. The van der Waals surface area contributed by atoms with Gasteiger partial charge in [0, 0.05) is 109 Å². The molecular formula is C76H70Au2Cl2O12Sb6-8. The Morgan fingerprint density at radius 1 is 0.204 bits per heavy atom. The van der Waals surface area contributed by atoms with E-state index in [0.717, 1.165) is 13.2 Å². The summed E-state index contributed by atoms with van der Waals surface area (Å²) in [4.78, 5) is 0. The summed E-state index contributed by atoms with van der Waals surface area (Å²) in [7, 11) is -9.89. The summed E-state index contributed by atoms with van der Waals surface area (Å²) in [5.41, 5.74) is 0. The van der Waals surface area contributed by atoms with Gasteiger partial charge in [0.05, 0.1) is 0 Å². The van der Waals surface area contributed by atoms with E-state index >= 15 is 0 Å². The van der Waals surface area contributed by atoms with E-state index in [9.17, 15) is 0 Å². The van der Waals surface area contributed by atoms with Crippen molar-refractivity contribution >= 4 is 147 Å². The van der Waals surface area contributed by atoms with Gasteiger partial charge in [-0.05, 0) is 13.8 Å². The molecule has 0 heterocycles. The summed E-state index contributed by atoms with van der Waals surface area (Å²) in [6.45, 7) is 5.67. The van der Waals surface area contributed by atoms with Crippen molar-refractivity contribution in [1.82, 2.24) is 0 Å². The Hall–Kier alpha value is -2.87. The second kappa shape index (κ2) is 115. The fourth-order valence-corrected chi connectivity index (χ4v) is 4.31. The molecule has 0 spiro atoms. The first-order valence-corrected chi connectivity index (χ1v) is 28.6. The maximum absolute atomic E-state index is 8.49. The van der Waals surface area contributed by atoms with Crippen LogP contribution in [0.3, 0.4) is 0 Å². The number of rotatable bonds is 2. The molecule has 0 amide bonds. The average molecular weight is 2370 g/mol. The van der Waals surface area contributed by atoms with E-state index in [0.29, 0.717) is 0 Å². The van der Waals surface area contributed by atoms with Crippen LogP contribution in [0.1, 0.15) is 13.8 Å². The Bertz CT molecular complexity index is 1880. The first-order chi connectivity index (χ1) is 42.4. The molecule has 0 unspecified atom stereocenters. The molecule has 0 bridgehead atoms. The van der Waals surface area contributed by atoms with E-state index < -0.39 is 20.5 Å². The van der Waals surface area contributed by atoms with Crippen LogP contribution in [-0.4, -0.2) is 160 Å². The molecule has 0 aliphatic heterocycles. The van der Waals surface area contributed by atoms with E-state index in [4.69, 9.17) is 42.0 Å². The predicted molar refractivity (Wildman–Crippen MR) is 362 cm³/mol. The summed E-state index contributed by atoms with van der Waals surface area (Å²) in [6.07, 6.45) is 0. The topological polar surface area (TPSA) is 279 Å².